The van der Waals surface area contributed by atoms with Crippen LogP contribution in [-0.2, 0) is 47.7 Å². The van der Waals surface area contributed by atoms with Gasteiger partial charge in [-0.05, 0) is 90.0 Å². The van der Waals surface area contributed by atoms with Crippen molar-refractivity contribution in [1.82, 2.24) is 14.7 Å². The van der Waals surface area contributed by atoms with Gasteiger partial charge in [-0.3, -0.25) is 38.7 Å². The Balaban J connectivity index is 6.03. The first-order chi connectivity index (χ1) is 20.6. The van der Waals surface area contributed by atoms with E-state index in [-0.39, 0.29) is 64.7 Å². The molecule has 46 heavy (non-hydrogen) atoms. The molecule has 0 amide bonds. The first-order valence-electron chi connectivity index (χ1n) is 15.5. The third-order valence-corrected chi connectivity index (χ3v) is 5.20. The minimum atomic E-state index is -0.727. The number of carbonyl (C=O) groups is 5. The summed E-state index contributed by atoms with van der Waals surface area (Å²) >= 11 is 0. The molecule has 0 saturated heterocycles. The standard InChI is InChI=1S/C33H59N3O10/c1-24(2)42-25(37)19-35(21-27(39)44-31(6,7)8)17-15-34(20-26(38)43-30(3,4)5)16-18-36(22-28(40)45-32(9,10)11)23-29(41)46-33(12,13)14/h1,15-23H2,2-14H3. The first kappa shape index (κ1) is 43.0. The molecule has 0 aromatic heterocycles. The van der Waals surface area contributed by atoms with Crippen LogP contribution in [0.4, 0.5) is 0 Å². The van der Waals surface area contributed by atoms with Gasteiger partial charge < -0.3 is 23.7 Å². The van der Waals surface area contributed by atoms with Gasteiger partial charge in [-0.1, -0.05) is 6.58 Å². The lowest BCUT2D eigenvalue weighted by atomic mass is 10.2. The Labute approximate surface area is 275 Å². The second kappa shape index (κ2) is 18.3. The monoisotopic (exact) mass is 657 g/mol. The highest BCUT2D eigenvalue weighted by Crippen LogP contribution is 2.12. The number of allylic oxidation sites excluding steroid dienone is 1. The highest BCUT2D eigenvalue weighted by atomic mass is 16.6. The number of nitrogens with zero attached hydrogens (tertiary/aromatic N) is 3. The molecule has 0 aliphatic rings. The lowest BCUT2D eigenvalue weighted by Crippen LogP contribution is -2.47. The highest BCUT2D eigenvalue weighted by molar-refractivity contribution is 5.76. The Kier molecular flexibility index (Phi) is 17.1. The summed E-state index contributed by atoms with van der Waals surface area (Å²) in [4.78, 5) is 68.3. The van der Waals surface area contributed by atoms with Gasteiger partial charge in [0.15, 0.2) is 0 Å². The predicted molar refractivity (Wildman–Crippen MR) is 174 cm³/mol. The summed E-state index contributed by atoms with van der Waals surface area (Å²) in [7, 11) is 0. The van der Waals surface area contributed by atoms with Crippen molar-refractivity contribution in [2.75, 3.05) is 58.9 Å². The summed E-state index contributed by atoms with van der Waals surface area (Å²) in [6.07, 6.45) is 0. The molecule has 0 spiro atoms. The molecule has 0 heterocycles. The van der Waals surface area contributed by atoms with Crippen LogP contribution in [0.1, 0.15) is 90.0 Å². The molecule has 266 valence electrons. The Morgan fingerprint density at radius 3 is 0.891 bits per heavy atom. The zero-order chi connectivity index (χ0) is 36.1. The van der Waals surface area contributed by atoms with Crippen LogP contribution in [0.3, 0.4) is 0 Å². The van der Waals surface area contributed by atoms with Crippen molar-refractivity contribution in [3.05, 3.63) is 12.3 Å². The summed E-state index contributed by atoms with van der Waals surface area (Å²) < 4.78 is 27.0. The molecular formula is C33H59N3O10. The van der Waals surface area contributed by atoms with Crippen LogP contribution < -0.4 is 0 Å². The van der Waals surface area contributed by atoms with E-state index in [1.807, 2.05) is 0 Å². The SMILES string of the molecule is C=C(C)OC(=O)CN(CCN(CCN(CC(=O)OC(C)(C)C)CC(=O)OC(C)(C)C)CC(=O)OC(C)(C)C)CC(=O)OC(C)(C)C. The fourth-order valence-corrected chi connectivity index (χ4v) is 3.90. The summed E-state index contributed by atoms with van der Waals surface area (Å²) in [6, 6.07) is 0. The normalized spacial score (nSPS) is 12.6. The van der Waals surface area contributed by atoms with E-state index in [1.54, 1.807) is 105 Å². The molecule has 0 bridgehead atoms. The molecule has 0 radical (unpaired) electrons. The lowest BCUT2D eigenvalue weighted by molar-refractivity contribution is -0.161. The van der Waals surface area contributed by atoms with Crippen LogP contribution in [0, 0.1) is 0 Å². The van der Waals surface area contributed by atoms with E-state index in [4.69, 9.17) is 23.7 Å². The van der Waals surface area contributed by atoms with Crippen molar-refractivity contribution in [3.8, 4) is 0 Å². The minimum Gasteiger partial charge on any atom is -0.459 e. The average molecular weight is 658 g/mol. The van der Waals surface area contributed by atoms with Gasteiger partial charge in [-0.2, -0.15) is 0 Å². The van der Waals surface area contributed by atoms with Crippen molar-refractivity contribution < 1.29 is 47.7 Å². The number of hydrogen-bond acceptors (Lipinski definition) is 13. The van der Waals surface area contributed by atoms with Gasteiger partial charge in [0.25, 0.3) is 0 Å². The van der Waals surface area contributed by atoms with E-state index in [9.17, 15) is 24.0 Å². The van der Waals surface area contributed by atoms with Crippen LogP contribution >= 0.6 is 0 Å². The zero-order valence-electron chi connectivity index (χ0n) is 30.5. The molecule has 0 saturated carbocycles. The molecule has 0 rings (SSSR count). The van der Waals surface area contributed by atoms with Crippen molar-refractivity contribution >= 4 is 29.8 Å². The summed E-state index contributed by atoms with van der Waals surface area (Å²) in [6.45, 7) is 26.0. The molecule has 0 unspecified atom stereocenters. The van der Waals surface area contributed by atoms with Crippen molar-refractivity contribution in [2.24, 2.45) is 0 Å². The number of hydrogen-bond donors (Lipinski definition) is 0. The van der Waals surface area contributed by atoms with Crippen LogP contribution in [0.2, 0.25) is 0 Å². The molecule has 0 atom stereocenters. The van der Waals surface area contributed by atoms with Gasteiger partial charge in [0, 0.05) is 26.2 Å². The molecule has 13 nitrogen and oxygen atoms in total. The van der Waals surface area contributed by atoms with Gasteiger partial charge >= 0.3 is 29.8 Å². The maximum absolute atomic E-state index is 12.9. The maximum atomic E-state index is 12.9. The lowest BCUT2D eigenvalue weighted by Gasteiger charge is -2.31. The maximum Gasteiger partial charge on any atom is 0.325 e. The van der Waals surface area contributed by atoms with Crippen molar-refractivity contribution in [2.45, 2.75) is 112 Å². The number of carbonyl (C=O) groups excluding carboxylic acids is 5. The fourth-order valence-electron chi connectivity index (χ4n) is 3.90. The Hall–Kier alpha value is -3.03. The van der Waals surface area contributed by atoms with Crippen LogP contribution in [-0.4, -0.2) is 126 Å². The van der Waals surface area contributed by atoms with Crippen LogP contribution in [0.25, 0.3) is 0 Å². The fraction of sp³-hybridized carbons (Fsp3) is 0.788. The van der Waals surface area contributed by atoms with E-state index in [0.29, 0.717) is 0 Å². The Morgan fingerprint density at radius 1 is 0.435 bits per heavy atom. The van der Waals surface area contributed by atoms with E-state index in [0.717, 1.165) is 0 Å². The molecule has 0 aliphatic heterocycles. The Bertz CT molecular complexity index is 1020. The van der Waals surface area contributed by atoms with E-state index >= 15 is 0 Å². The van der Waals surface area contributed by atoms with Crippen molar-refractivity contribution in [3.63, 3.8) is 0 Å². The number of rotatable bonds is 17. The minimum absolute atomic E-state index is 0.125. The molecule has 0 aromatic carbocycles. The quantitative estimate of drug-likeness (QED) is 0.128. The van der Waals surface area contributed by atoms with Gasteiger partial charge in [-0.15, -0.1) is 0 Å². The summed E-state index contributed by atoms with van der Waals surface area (Å²) in [5.41, 5.74) is -2.90. The van der Waals surface area contributed by atoms with Crippen molar-refractivity contribution in [1.29, 1.82) is 0 Å². The van der Waals surface area contributed by atoms with Gasteiger partial charge in [0.2, 0.25) is 0 Å². The van der Waals surface area contributed by atoms with Crippen LogP contribution in [0.15, 0.2) is 12.3 Å². The van der Waals surface area contributed by atoms with Gasteiger partial charge in [-0.25, -0.2) is 0 Å². The number of ether oxygens (including phenoxy) is 5. The van der Waals surface area contributed by atoms with Gasteiger partial charge in [0.05, 0.1) is 38.5 Å². The van der Waals surface area contributed by atoms with Gasteiger partial charge in [0.1, 0.15) is 22.4 Å². The third kappa shape index (κ3) is 25.2. The second-order valence-electron chi connectivity index (χ2n) is 15.2. The summed E-state index contributed by atoms with van der Waals surface area (Å²) in [5, 5.41) is 0. The predicted octanol–water partition coefficient (Wildman–Crippen LogP) is 3.34. The average Bonchev–Trinajstić information content (AvgIpc) is 2.74. The second-order valence-corrected chi connectivity index (χ2v) is 15.2. The molecule has 0 fully saturated rings. The molecular weight excluding hydrogens is 598 g/mol. The highest BCUT2D eigenvalue weighted by Gasteiger charge is 2.27. The van der Waals surface area contributed by atoms with Crippen LogP contribution in [0.5, 0.6) is 0 Å². The smallest absolute Gasteiger partial charge is 0.325 e. The molecule has 13 heteroatoms. The zero-order valence-corrected chi connectivity index (χ0v) is 30.5. The first-order valence-corrected chi connectivity index (χ1v) is 15.5. The summed E-state index contributed by atoms with van der Waals surface area (Å²) in [5.74, 6) is -2.45. The van der Waals surface area contributed by atoms with E-state index < -0.39 is 52.3 Å². The largest absolute Gasteiger partial charge is 0.459 e. The Morgan fingerprint density at radius 2 is 0.652 bits per heavy atom. The number of esters is 5. The topological polar surface area (TPSA) is 141 Å². The van der Waals surface area contributed by atoms with E-state index in [2.05, 4.69) is 6.58 Å². The molecule has 0 N–H and O–H groups in total. The molecule has 0 aromatic rings. The third-order valence-electron chi connectivity index (χ3n) is 5.20. The van der Waals surface area contributed by atoms with E-state index in [1.165, 1.54) is 0 Å². The molecule has 0 aliphatic carbocycles.